The van der Waals surface area contributed by atoms with Crippen molar-refractivity contribution in [2.45, 2.75) is 0 Å². The second-order valence-electron chi connectivity index (χ2n) is 18.2. The van der Waals surface area contributed by atoms with Crippen LogP contribution in [0.25, 0.3) is 88.1 Å². The number of aromatic nitrogens is 6. The molecule has 0 aliphatic carbocycles. The Bertz CT molecular complexity index is 4140. The molecule has 0 N–H and O–H groups in total. The summed E-state index contributed by atoms with van der Waals surface area (Å²) in [5, 5.41) is 6.12. The topological polar surface area (TPSA) is 86.4 Å². The number of hydrogen-bond donors (Lipinski definition) is 0. The van der Waals surface area contributed by atoms with E-state index in [1.807, 2.05) is 85.2 Å². The van der Waals surface area contributed by atoms with Crippen molar-refractivity contribution in [1.82, 2.24) is 29.1 Å². The molecule has 0 saturated carbocycles. The fourth-order valence-corrected chi connectivity index (χ4v) is 11.3. The van der Waals surface area contributed by atoms with E-state index < -0.39 is 0 Å². The Labute approximate surface area is 410 Å². The van der Waals surface area contributed by atoms with Crippen LogP contribution in [0.3, 0.4) is 0 Å². The van der Waals surface area contributed by atoms with Gasteiger partial charge in [0.1, 0.15) is 11.0 Å². The first-order valence-corrected chi connectivity index (χ1v) is 24.0. The molecule has 0 radical (unpaired) electrons. The van der Waals surface area contributed by atoms with Gasteiger partial charge in [0.2, 0.25) is 0 Å². The van der Waals surface area contributed by atoms with Gasteiger partial charge in [-0.2, -0.15) is 0 Å². The molecule has 72 heavy (non-hydrogen) atoms. The van der Waals surface area contributed by atoms with Gasteiger partial charge in [0.15, 0.2) is 34.6 Å². The maximum Gasteiger partial charge on any atom is 0.182 e. The van der Waals surface area contributed by atoms with E-state index in [4.69, 9.17) is 29.4 Å². The van der Waals surface area contributed by atoms with E-state index in [1.165, 1.54) is 0 Å². The molecule has 0 bridgehead atoms. The molecular weight excluding hydrogens is 889 g/mol. The Morgan fingerprint density at radius 2 is 0.583 bits per heavy atom. The summed E-state index contributed by atoms with van der Waals surface area (Å²) in [6.07, 6.45) is 3.87. The van der Waals surface area contributed by atoms with Crippen molar-refractivity contribution in [1.29, 1.82) is 0 Å². The maximum atomic E-state index is 6.48. The van der Waals surface area contributed by atoms with E-state index in [0.29, 0.717) is 33.7 Å². The second-order valence-corrected chi connectivity index (χ2v) is 18.2. The smallest absolute Gasteiger partial charge is 0.182 e. The monoisotopic (exact) mass is 924 g/mol. The molecule has 16 rings (SSSR count). The number of para-hydroxylation sites is 12. The summed E-state index contributed by atoms with van der Waals surface area (Å²) in [5.41, 5.74) is 12.2. The van der Waals surface area contributed by atoms with Crippen LogP contribution in [-0.2, 0) is 0 Å². The van der Waals surface area contributed by atoms with Gasteiger partial charge in [-0.15, -0.1) is 0 Å². The Morgan fingerprint density at radius 1 is 0.292 bits per heavy atom. The number of benzene rings is 9. The van der Waals surface area contributed by atoms with Crippen LogP contribution < -0.4 is 19.3 Å². The Kier molecular flexibility index (Phi) is 7.95. The third kappa shape index (κ3) is 5.42. The Morgan fingerprint density at radius 3 is 0.917 bits per heavy atom. The Balaban J connectivity index is 1.07. The Hall–Kier alpha value is -10.1. The van der Waals surface area contributed by atoms with E-state index in [0.717, 1.165) is 112 Å². The van der Waals surface area contributed by atoms with Crippen LogP contribution in [0.1, 0.15) is 0 Å². The molecule has 10 heteroatoms. The lowest BCUT2D eigenvalue weighted by molar-refractivity contribution is 0.476. The minimum atomic E-state index is 0.680. The van der Waals surface area contributed by atoms with Crippen molar-refractivity contribution in [3.63, 3.8) is 0 Å². The van der Waals surface area contributed by atoms with Gasteiger partial charge in [0, 0.05) is 32.3 Å². The molecule has 2 aliphatic heterocycles. The highest BCUT2D eigenvalue weighted by Gasteiger charge is 2.30. The first kappa shape index (κ1) is 38.9. The normalized spacial score (nSPS) is 12.9. The number of fused-ring (bicyclic) bond motifs is 16. The van der Waals surface area contributed by atoms with Crippen molar-refractivity contribution in [2.75, 3.05) is 9.80 Å². The summed E-state index contributed by atoms with van der Waals surface area (Å²) in [5.74, 6) is 4.38. The SMILES string of the molecule is c1ccc2c(c1)Oc1ccccc1N2c1cnc2c(c1)c1nc(-n3c4ccccc4c4ccccc43)c(-n3c4ccccc4c4ccccc43)nc1c1cc(N3c4ccccc4Oc4ccccc43)cnc12. The highest BCUT2D eigenvalue weighted by Crippen LogP contribution is 2.53. The first-order chi connectivity index (χ1) is 35.7. The van der Waals surface area contributed by atoms with Crippen LogP contribution in [0.5, 0.6) is 23.0 Å². The molecule has 0 fully saturated rings. The third-order valence-corrected chi connectivity index (χ3v) is 14.3. The zero-order valence-electron chi connectivity index (χ0n) is 38.2. The highest BCUT2D eigenvalue weighted by atomic mass is 16.5. The lowest BCUT2D eigenvalue weighted by Crippen LogP contribution is -2.16. The molecule has 10 nitrogen and oxygen atoms in total. The van der Waals surface area contributed by atoms with E-state index in [2.05, 4.69) is 152 Å². The molecular formula is C62H36N8O2. The average Bonchev–Trinajstić information content (AvgIpc) is 3.96. The summed E-state index contributed by atoms with van der Waals surface area (Å²) in [4.78, 5) is 27.2. The van der Waals surface area contributed by atoms with Gasteiger partial charge >= 0.3 is 0 Å². The molecule has 0 atom stereocenters. The molecule has 2 aliphatic rings. The quantitative estimate of drug-likeness (QED) is 0.161. The molecule has 9 aromatic carbocycles. The average molecular weight is 925 g/mol. The van der Waals surface area contributed by atoms with Gasteiger partial charge in [-0.25, -0.2) is 9.97 Å². The van der Waals surface area contributed by atoms with Crippen molar-refractivity contribution in [2.24, 2.45) is 0 Å². The standard InChI is InChI=1S/C62H36N8O2/c1-5-21-45-39(17-1)40-18-2-6-22-46(40)69(45)61-62(70-47-23-7-3-19-41(47)42-20-4-8-24-48(42)70)66-60-44-34-38(68-51-27-11-15-31-55(51)72-56-32-16-12-28-52(56)68)36-64-58(44)57-43(59(60)65-61)33-37(35-63-57)67-49-25-9-13-29-53(49)71-54-30-14-10-26-50(54)67/h1-36H. The van der Waals surface area contributed by atoms with Gasteiger partial charge < -0.3 is 19.3 Å². The van der Waals surface area contributed by atoms with Crippen LogP contribution >= 0.6 is 0 Å². The van der Waals surface area contributed by atoms with E-state index >= 15 is 0 Å². The summed E-state index contributed by atoms with van der Waals surface area (Å²) in [7, 11) is 0. The third-order valence-electron chi connectivity index (χ3n) is 14.3. The zero-order chi connectivity index (χ0) is 47.0. The largest absolute Gasteiger partial charge is 0.453 e. The molecule has 14 aromatic rings. The molecule has 336 valence electrons. The first-order valence-electron chi connectivity index (χ1n) is 24.0. The minimum absolute atomic E-state index is 0.680. The van der Waals surface area contributed by atoms with Crippen LogP contribution in [0.15, 0.2) is 219 Å². The predicted molar refractivity (Wildman–Crippen MR) is 288 cm³/mol. The summed E-state index contributed by atoms with van der Waals surface area (Å²) in [6, 6.07) is 71.1. The molecule has 5 aromatic heterocycles. The fraction of sp³-hybridized carbons (Fsp3) is 0. The van der Waals surface area contributed by atoms with Gasteiger partial charge in [-0.3, -0.25) is 19.1 Å². The molecule has 7 heterocycles. The van der Waals surface area contributed by atoms with Crippen LogP contribution in [-0.4, -0.2) is 29.1 Å². The number of rotatable bonds is 4. The molecule has 0 spiro atoms. The fourth-order valence-electron chi connectivity index (χ4n) is 11.3. The lowest BCUT2D eigenvalue weighted by atomic mass is 10.0. The number of pyridine rings is 2. The summed E-state index contributed by atoms with van der Waals surface area (Å²) >= 11 is 0. The molecule has 0 amide bonds. The molecule has 0 unspecified atom stereocenters. The van der Waals surface area contributed by atoms with Crippen molar-refractivity contribution in [3.8, 4) is 34.6 Å². The van der Waals surface area contributed by atoms with Gasteiger partial charge in [0.05, 0.1) is 79.6 Å². The van der Waals surface area contributed by atoms with Crippen LogP contribution in [0, 0.1) is 0 Å². The van der Waals surface area contributed by atoms with Crippen molar-refractivity contribution < 1.29 is 9.47 Å². The highest BCUT2D eigenvalue weighted by molar-refractivity contribution is 6.22. The van der Waals surface area contributed by atoms with Crippen LogP contribution in [0.4, 0.5) is 34.1 Å². The predicted octanol–water partition coefficient (Wildman–Crippen LogP) is 16.1. The number of anilines is 6. The zero-order valence-corrected chi connectivity index (χ0v) is 38.2. The van der Waals surface area contributed by atoms with E-state index in [9.17, 15) is 0 Å². The van der Waals surface area contributed by atoms with Gasteiger partial charge in [-0.1, -0.05) is 121 Å². The number of nitrogens with zero attached hydrogens (tertiary/aromatic N) is 8. The summed E-state index contributed by atoms with van der Waals surface area (Å²) < 4.78 is 17.5. The number of hydrogen-bond acceptors (Lipinski definition) is 8. The van der Waals surface area contributed by atoms with Crippen molar-refractivity contribution in [3.05, 3.63) is 219 Å². The van der Waals surface area contributed by atoms with Gasteiger partial charge in [-0.05, 0) is 84.9 Å². The molecule has 0 saturated heterocycles. The summed E-state index contributed by atoms with van der Waals surface area (Å²) in [6.45, 7) is 0. The number of ether oxygens (including phenoxy) is 2. The maximum absolute atomic E-state index is 6.48. The van der Waals surface area contributed by atoms with Crippen molar-refractivity contribution >= 4 is 111 Å². The van der Waals surface area contributed by atoms with Crippen LogP contribution in [0.2, 0.25) is 0 Å². The minimum Gasteiger partial charge on any atom is -0.453 e. The van der Waals surface area contributed by atoms with E-state index in [-0.39, 0.29) is 0 Å². The van der Waals surface area contributed by atoms with E-state index in [1.54, 1.807) is 0 Å². The second kappa shape index (κ2) is 14.7. The lowest BCUT2D eigenvalue weighted by Gasteiger charge is -2.33. The van der Waals surface area contributed by atoms with Gasteiger partial charge in [0.25, 0.3) is 0 Å².